The van der Waals surface area contributed by atoms with Crippen molar-refractivity contribution < 1.29 is 0 Å². The van der Waals surface area contributed by atoms with Crippen molar-refractivity contribution >= 4 is 15.9 Å². The molecule has 1 aromatic heterocycles. The molecular weight excluding hydrogens is 446 g/mol. The zero-order valence-electron chi connectivity index (χ0n) is 16.6. The van der Waals surface area contributed by atoms with E-state index in [9.17, 15) is 0 Å². The maximum atomic E-state index is 4.81. The van der Waals surface area contributed by atoms with Crippen LogP contribution < -0.4 is 0 Å². The van der Waals surface area contributed by atoms with Gasteiger partial charge in [0.15, 0.2) is 17.5 Å². The van der Waals surface area contributed by atoms with Gasteiger partial charge in [-0.25, -0.2) is 15.0 Å². The topological polar surface area (TPSA) is 38.7 Å². The molecule has 0 saturated heterocycles. The minimum Gasteiger partial charge on any atom is -0.208 e. The third-order valence-electron chi connectivity index (χ3n) is 5.02. The van der Waals surface area contributed by atoms with Crippen LogP contribution >= 0.6 is 15.9 Å². The highest BCUT2D eigenvalue weighted by atomic mass is 79.9. The summed E-state index contributed by atoms with van der Waals surface area (Å²) < 4.78 is 0.943. The van der Waals surface area contributed by atoms with E-state index < -0.39 is 0 Å². The Morgan fingerprint density at radius 3 is 1.35 bits per heavy atom. The molecule has 0 unspecified atom stereocenters. The molecule has 0 aliphatic rings. The molecule has 0 fully saturated rings. The normalized spacial score (nSPS) is 10.7. The van der Waals surface area contributed by atoms with E-state index in [1.807, 2.05) is 78.9 Å². The smallest absolute Gasteiger partial charge is 0.165 e. The van der Waals surface area contributed by atoms with Crippen LogP contribution in [0.2, 0.25) is 0 Å². The summed E-state index contributed by atoms with van der Waals surface area (Å²) in [5.41, 5.74) is 5.15. The minimum absolute atomic E-state index is 0.638. The summed E-state index contributed by atoms with van der Waals surface area (Å²) in [6.45, 7) is 0. The van der Waals surface area contributed by atoms with Gasteiger partial charge >= 0.3 is 0 Å². The molecule has 0 bridgehead atoms. The van der Waals surface area contributed by atoms with Gasteiger partial charge in [-0.15, -0.1) is 0 Å². The Kier molecular flexibility index (Phi) is 5.38. The quantitative estimate of drug-likeness (QED) is 0.280. The summed E-state index contributed by atoms with van der Waals surface area (Å²) in [5.74, 6) is 1.95. The first-order valence-electron chi connectivity index (χ1n) is 10.0. The Hall–Kier alpha value is -3.63. The van der Waals surface area contributed by atoms with Crippen molar-refractivity contribution in [3.05, 3.63) is 114 Å². The number of hydrogen-bond acceptors (Lipinski definition) is 3. The van der Waals surface area contributed by atoms with Crippen LogP contribution in [-0.4, -0.2) is 15.0 Å². The SMILES string of the molecule is Brc1cc(-c2ccccc2)ccc1-c1nc(-c2ccccc2)nc(-c2ccccc2)n1. The highest BCUT2D eigenvalue weighted by Crippen LogP contribution is 2.32. The van der Waals surface area contributed by atoms with Crippen molar-refractivity contribution in [2.45, 2.75) is 0 Å². The molecule has 0 radical (unpaired) electrons. The van der Waals surface area contributed by atoms with E-state index in [1.165, 1.54) is 5.56 Å². The zero-order valence-corrected chi connectivity index (χ0v) is 18.2. The molecule has 5 rings (SSSR count). The van der Waals surface area contributed by atoms with Gasteiger partial charge in [-0.1, -0.05) is 113 Å². The fourth-order valence-electron chi connectivity index (χ4n) is 3.44. The lowest BCUT2D eigenvalue weighted by Gasteiger charge is -2.10. The molecule has 4 heteroatoms. The van der Waals surface area contributed by atoms with Gasteiger partial charge in [0.25, 0.3) is 0 Å². The van der Waals surface area contributed by atoms with Gasteiger partial charge in [0.2, 0.25) is 0 Å². The van der Waals surface area contributed by atoms with Gasteiger partial charge in [0, 0.05) is 21.2 Å². The average molecular weight is 464 g/mol. The largest absolute Gasteiger partial charge is 0.208 e. The standard InChI is InChI=1S/C27H18BrN3/c28-24-18-22(19-10-4-1-5-11-19)16-17-23(24)27-30-25(20-12-6-2-7-13-20)29-26(31-27)21-14-8-3-9-15-21/h1-18H. The summed E-state index contributed by atoms with van der Waals surface area (Å²) in [6.07, 6.45) is 0. The Morgan fingerprint density at radius 1 is 0.419 bits per heavy atom. The minimum atomic E-state index is 0.638. The fraction of sp³-hybridized carbons (Fsp3) is 0. The first-order chi connectivity index (χ1) is 15.3. The fourth-order valence-corrected chi connectivity index (χ4v) is 3.99. The Morgan fingerprint density at radius 2 is 0.871 bits per heavy atom. The molecule has 0 N–H and O–H groups in total. The molecule has 0 spiro atoms. The molecule has 0 amide bonds. The summed E-state index contributed by atoms with van der Waals surface area (Å²) in [5, 5.41) is 0. The van der Waals surface area contributed by atoms with Crippen molar-refractivity contribution in [3.63, 3.8) is 0 Å². The first kappa shape index (κ1) is 19.3. The number of hydrogen-bond donors (Lipinski definition) is 0. The highest BCUT2D eigenvalue weighted by Gasteiger charge is 2.14. The molecule has 31 heavy (non-hydrogen) atoms. The number of nitrogens with zero attached hydrogens (tertiary/aromatic N) is 3. The number of aromatic nitrogens is 3. The van der Waals surface area contributed by atoms with Crippen LogP contribution in [0.4, 0.5) is 0 Å². The van der Waals surface area contributed by atoms with E-state index in [0.717, 1.165) is 26.7 Å². The van der Waals surface area contributed by atoms with Crippen molar-refractivity contribution in [1.29, 1.82) is 0 Å². The van der Waals surface area contributed by atoms with Crippen LogP contribution in [0.25, 0.3) is 45.3 Å². The van der Waals surface area contributed by atoms with E-state index in [-0.39, 0.29) is 0 Å². The molecule has 3 nitrogen and oxygen atoms in total. The molecule has 0 saturated carbocycles. The summed E-state index contributed by atoms with van der Waals surface area (Å²) in [4.78, 5) is 14.4. The van der Waals surface area contributed by atoms with Gasteiger partial charge < -0.3 is 0 Å². The maximum Gasteiger partial charge on any atom is 0.165 e. The number of rotatable bonds is 4. The van der Waals surface area contributed by atoms with Gasteiger partial charge in [-0.05, 0) is 23.3 Å². The Labute approximate surface area is 189 Å². The molecular formula is C27H18BrN3. The van der Waals surface area contributed by atoms with Gasteiger partial charge in [-0.3, -0.25) is 0 Å². The Balaban J connectivity index is 1.65. The molecule has 0 aliphatic carbocycles. The van der Waals surface area contributed by atoms with Crippen LogP contribution in [-0.2, 0) is 0 Å². The van der Waals surface area contributed by atoms with Gasteiger partial charge in [0.1, 0.15) is 0 Å². The van der Waals surface area contributed by atoms with Gasteiger partial charge in [-0.2, -0.15) is 0 Å². The van der Waals surface area contributed by atoms with Crippen molar-refractivity contribution in [2.75, 3.05) is 0 Å². The summed E-state index contributed by atoms with van der Waals surface area (Å²) >= 11 is 3.74. The lowest BCUT2D eigenvalue weighted by molar-refractivity contribution is 1.07. The van der Waals surface area contributed by atoms with Crippen molar-refractivity contribution in [2.24, 2.45) is 0 Å². The summed E-state index contributed by atoms with van der Waals surface area (Å²) in [6, 6.07) is 36.6. The average Bonchev–Trinajstić information content (AvgIpc) is 2.85. The second kappa shape index (κ2) is 8.62. The van der Waals surface area contributed by atoms with Crippen molar-refractivity contribution in [3.8, 4) is 45.3 Å². The molecule has 4 aromatic carbocycles. The Bertz CT molecular complexity index is 1260. The van der Waals surface area contributed by atoms with Crippen LogP contribution in [0.15, 0.2) is 114 Å². The summed E-state index contributed by atoms with van der Waals surface area (Å²) in [7, 11) is 0. The number of halogens is 1. The first-order valence-corrected chi connectivity index (χ1v) is 10.8. The second-order valence-corrected chi connectivity index (χ2v) is 7.95. The molecule has 0 atom stereocenters. The maximum absolute atomic E-state index is 4.81. The van der Waals surface area contributed by atoms with Crippen molar-refractivity contribution in [1.82, 2.24) is 15.0 Å². The number of benzene rings is 4. The second-order valence-electron chi connectivity index (χ2n) is 7.10. The molecule has 5 aromatic rings. The van der Waals surface area contributed by atoms with Crippen LogP contribution in [0.3, 0.4) is 0 Å². The predicted molar refractivity (Wildman–Crippen MR) is 129 cm³/mol. The predicted octanol–water partition coefficient (Wildman–Crippen LogP) is 7.30. The van der Waals surface area contributed by atoms with E-state index in [2.05, 4.69) is 46.3 Å². The van der Waals surface area contributed by atoms with E-state index >= 15 is 0 Å². The highest BCUT2D eigenvalue weighted by molar-refractivity contribution is 9.10. The van der Waals surface area contributed by atoms with E-state index in [4.69, 9.17) is 15.0 Å². The molecule has 0 aliphatic heterocycles. The molecule has 1 heterocycles. The van der Waals surface area contributed by atoms with Crippen LogP contribution in [0, 0.1) is 0 Å². The molecule has 148 valence electrons. The lowest BCUT2D eigenvalue weighted by Crippen LogP contribution is -2.00. The van der Waals surface area contributed by atoms with E-state index in [1.54, 1.807) is 0 Å². The van der Waals surface area contributed by atoms with Gasteiger partial charge in [0.05, 0.1) is 0 Å². The zero-order chi connectivity index (χ0) is 21.0. The monoisotopic (exact) mass is 463 g/mol. The third kappa shape index (κ3) is 4.16. The lowest BCUT2D eigenvalue weighted by atomic mass is 10.0. The van der Waals surface area contributed by atoms with Crippen LogP contribution in [0.5, 0.6) is 0 Å². The van der Waals surface area contributed by atoms with E-state index in [0.29, 0.717) is 17.5 Å². The van der Waals surface area contributed by atoms with Crippen LogP contribution in [0.1, 0.15) is 0 Å². The third-order valence-corrected chi connectivity index (χ3v) is 5.67.